The number of hydrogen-bond acceptors (Lipinski definition) is 4. The zero-order valence-corrected chi connectivity index (χ0v) is 10.1. The summed E-state index contributed by atoms with van der Waals surface area (Å²) >= 11 is 0. The molecule has 1 fully saturated rings. The lowest BCUT2D eigenvalue weighted by molar-refractivity contribution is -0.385. The van der Waals surface area contributed by atoms with Crippen LogP contribution in [-0.4, -0.2) is 28.7 Å². The Morgan fingerprint density at radius 2 is 2.17 bits per heavy atom. The molecule has 1 saturated heterocycles. The average Bonchev–Trinajstić information content (AvgIpc) is 2.25. The molecular formula is C12H15FN2O3. The van der Waals surface area contributed by atoms with Crippen molar-refractivity contribution in [3.63, 3.8) is 0 Å². The molecule has 1 N–H and O–H groups in total. The van der Waals surface area contributed by atoms with Gasteiger partial charge in [0.05, 0.1) is 16.6 Å². The Bertz CT molecular complexity index is 472. The van der Waals surface area contributed by atoms with E-state index in [1.54, 1.807) is 4.90 Å². The van der Waals surface area contributed by atoms with Crippen molar-refractivity contribution in [3.8, 4) is 0 Å². The Kier molecular flexibility index (Phi) is 3.21. The van der Waals surface area contributed by atoms with Crippen LogP contribution in [0.4, 0.5) is 15.8 Å². The van der Waals surface area contributed by atoms with Crippen LogP contribution in [0, 0.1) is 15.9 Å². The highest BCUT2D eigenvalue weighted by molar-refractivity contribution is 5.56. The molecule has 0 radical (unpaired) electrons. The maximum Gasteiger partial charge on any atom is 0.274 e. The normalized spacial score (nSPS) is 17.4. The van der Waals surface area contributed by atoms with Gasteiger partial charge in [-0.25, -0.2) is 4.39 Å². The number of non-ortho nitro benzene ring substituents is 1. The first-order valence-corrected chi connectivity index (χ1v) is 5.86. The Labute approximate surface area is 104 Å². The monoisotopic (exact) mass is 254 g/mol. The summed E-state index contributed by atoms with van der Waals surface area (Å²) in [6.45, 7) is 2.76. The van der Waals surface area contributed by atoms with Crippen LogP contribution in [0.5, 0.6) is 0 Å². The first-order chi connectivity index (χ1) is 8.43. The van der Waals surface area contributed by atoms with Crippen LogP contribution in [0.15, 0.2) is 18.2 Å². The summed E-state index contributed by atoms with van der Waals surface area (Å²) in [4.78, 5) is 11.8. The van der Waals surface area contributed by atoms with E-state index in [1.807, 2.05) is 6.92 Å². The predicted octanol–water partition coefficient (Wildman–Crippen LogP) is 2.09. The minimum atomic E-state index is -0.740. The van der Waals surface area contributed by atoms with E-state index in [0.29, 0.717) is 25.2 Å². The summed E-state index contributed by atoms with van der Waals surface area (Å²) in [6, 6.07) is 3.47. The standard InChI is InChI=1S/C12H15FN2O3/c1-2-3-12(16)7-14(8-12)10-4-9(13)5-11(6-10)15(17)18/h4-6,16H,2-3,7-8H2,1H3. The fourth-order valence-corrected chi connectivity index (χ4v) is 2.32. The molecule has 0 unspecified atom stereocenters. The number of nitrogens with zero attached hydrogens (tertiary/aromatic N) is 2. The summed E-state index contributed by atoms with van der Waals surface area (Å²) in [5, 5.41) is 20.7. The van der Waals surface area contributed by atoms with E-state index in [4.69, 9.17) is 0 Å². The number of β-amino-alcohol motifs (C(OH)–C–C–N with tert-alkyl or cyclic N) is 1. The number of halogens is 1. The van der Waals surface area contributed by atoms with E-state index in [1.165, 1.54) is 12.1 Å². The van der Waals surface area contributed by atoms with Crippen LogP contribution in [0.1, 0.15) is 19.8 Å². The topological polar surface area (TPSA) is 66.6 Å². The van der Waals surface area contributed by atoms with Gasteiger partial charge in [-0.1, -0.05) is 13.3 Å². The average molecular weight is 254 g/mol. The van der Waals surface area contributed by atoms with E-state index in [-0.39, 0.29) is 5.69 Å². The van der Waals surface area contributed by atoms with E-state index >= 15 is 0 Å². The Hall–Kier alpha value is -1.69. The smallest absolute Gasteiger partial charge is 0.274 e. The summed E-state index contributed by atoms with van der Waals surface area (Å²) in [6.07, 6.45) is 1.55. The van der Waals surface area contributed by atoms with Gasteiger partial charge in [-0.3, -0.25) is 10.1 Å². The highest BCUT2D eigenvalue weighted by Crippen LogP contribution is 2.33. The molecule has 18 heavy (non-hydrogen) atoms. The molecule has 2 rings (SSSR count). The molecule has 1 aliphatic heterocycles. The summed E-state index contributed by atoms with van der Waals surface area (Å²) < 4.78 is 13.3. The predicted molar refractivity (Wildman–Crippen MR) is 65.1 cm³/mol. The van der Waals surface area contributed by atoms with Gasteiger partial charge in [-0.2, -0.15) is 0 Å². The molecule has 1 aromatic carbocycles. The fraction of sp³-hybridized carbons (Fsp3) is 0.500. The molecule has 98 valence electrons. The summed E-state index contributed by atoms with van der Waals surface area (Å²) in [5.74, 6) is -0.634. The second-order valence-electron chi connectivity index (χ2n) is 4.76. The zero-order valence-electron chi connectivity index (χ0n) is 10.1. The minimum Gasteiger partial charge on any atom is -0.386 e. The minimum absolute atomic E-state index is 0.268. The van der Waals surface area contributed by atoms with Crippen LogP contribution in [0.25, 0.3) is 0 Å². The van der Waals surface area contributed by atoms with Gasteiger partial charge in [-0.05, 0) is 12.5 Å². The largest absolute Gasteiger partial charge is 0.386 e. The molecule has 1 aromatic rings. The quantitative estimate of drug-likeness (QED) is 0.660. The van der Waals surface area contributed by atoms with Crippen molar-refractivity contribution in [1.29, 1.82) is 0 Å². The number of benzene rings is 1. The van der Waals surface area contributed by atoms with Crippen LogP contribution < -0.4 is 4.90 Å². The summed E-state index contributed by atoms with van der Waals surface area (Å²) in [5.41, 5.74) is -0.561. The molecule has 0 aromatic heterocycles. The Morgan fingerprint density at radius 1 is 1.50 bits per heavy atom. The van der Waals surface area contributed by atoms with Gasteiger partial charge < -0.3 is 10.0 Å². The summed E-state index contributed by atoms with van der Waals surface area (Å²) in [7, 11) is 0. The van der Waals surface area contributed by atoms with Crippen molar-refractivity contribution >= 4 is 11.4 Å². The second kappa shape index (κ2) is 4.53. The number of rotatable bonds is 4. The lowest BCUT2D eigenvalue weighted by Crippen LogP contribution is -2.61. The first-order valence-electron chi connectivity index (χ1n) is 5.86. The third-order valence-corrected chi connectivity index (χ3v) is 3.13. The van der Waals surface area contributed by atoms with Crippen molar-refractivity contribution in [2.75, 3.05) is 18.0 Å². The fourth-order valence-electron chi connectivity index (χ4n) is 2.32. The van der Waals surface area contributed by atoms with Gasteiger partial charge in [0.2, 0.25) is 0 Å². The maximum atomic E-state index is 13.3. The molecule has 1 aliphatic rings. The molecule has 0 saturated carbocycles. The number of nitro benzene ring substituents is 1. The molecule has 1 heterocycles. The van der Waals surface area contributed by atoms with Gasteiger partial charge >= 0.3 is 0 Å². The SMILES string of the molecule is CCCC1(O)CN(c2cc(F)cc([N+](=O)[O-])c2)C1. The number of nitro groups is 1. The molecular weight excluding hydrogens is 239 g/mol. The van der Waals surface area contributed by atoms with Crippen molar-refractivity contribution in [3.05, 3.63) is 34.1 Å². The van der Waals surface area contributed by atoms with Gasteiger partial charge in [0, 0.05) is 24.8 Å². The van der Waals surface area contributed by atoms with Crippen LogP contribution in [-0.2, 0) is 0 Å². The molecule has 5 nitrogen and oxygen atoms in total. The van der Waals surface area contributed by atoms with Crippen LogP contribution >= 0.6 is 0 Å². The van der Waals surface area contributed by atoms with Crippen molar-refractivity contribution in [1.82, 2.24) is 0 Å². The van der Waals surface area contributed by atoms with Crippen LogP contribution in [0.3, 0.4) is 0 Å². The van der Waals surface area contributed by atoms with Gasteiger partial charge in [-0.15, -0.1) is 0 Å². The van der Waals surface area contributed by atoms with Crippen molar-refractivity contribution < 1.29 is 14.4 Å². The lowest BCUT2D eigenvalue weighted by Gasteiger charge is -2.48. The molecule has 0 atom stereocenters. The molecule has 0 amide bonds. The van der Waals surface area contributed by atoms with Crippen molar-refractivity contribution in [2.45, 2.75) is 25.4 Å². The molecule has 6 heteroatoms. The number of anilines is 1. The third kappa shape index (κ3) is 2.43. The van der Waals surface area contributed by atoms with Gasteiger partial charge in [0.25, 0.3) is 5.69 Å². The molecule has 0 spiro atoms. The number of aliphatic hydroxyl groups is 1. The second-order valence-corrected chi connectivity index (χ2v) is 4.76. The molecule has 0 aliphatic carbocycles. The zero-order chi connectivity index (χ0) is 13.3. The number of hydrogen-bond donors (Lipinski definition) is 1. The maximum absolute atomic E-state index is 13.3. The highest BCUT2D eigenvalue weighted by atomic mass is 19.1. The molecule has 0 bridgehead atoms. The first kappa shape index (κ1) is 12.8. The lowest BCUT2D eigenvalue weighted by atomic mass is 9.89. The Balaban J connectivity index is 2.14. The highest BCUT2D eigenvalue weighted by Gasteiger charge is 2.40. The Morgan fingerprint density at radius 3 is 2.72 bits per heavy atom. The van der Waals surface area contributed by atoms with E-state index in [9.17, 15) is 19.6 Å². The van der Waals surface area contributed by atoms with Gasteiger partial charge in [0.15, 0.2) is 0 Å². The van der Waals surface area contributed by atoms with E-state index in [2.05, 4.69) is 0 Å². The third-order valence-electron chi connectivity index (χ3n) is 3.13. The van der Waals surface area contributed by atoms with Crippen molar-refractivity contribution in [2.24, 2.45) is 0 Å². The van der Waals surface area contributed by atoms with Gasteiger partial charge in [0.1, 0.15) is 5.82 Å². The van der Waals surface area contributed by atoms with E-state index < -0.39 is 16.3 Å². The van der Waals surface area contributed by atoms with Crippen LogP contribution in [0.2, 0.25) is 0 Å². The van der Waals surface area contributed by atoms with E-state index in [0.717, 1.165) is 12.5 Å².